The molecule has 5 rings (SSSR count). The number of halogens is 2. The first-order valence-corrected chi connectivity index (χ1v) is 13.2. The number of hydrogen-bond donors (Lipinski definition) is 2. The van der Waals surface area contributed by atoms with E-state index < -0.39 is 10.0 Å². The van der Waals surface area contributed by atoms with Crippen LogP contribution in [0.1, 0.15) is 0 Å². The summed E-state index contributed by atoms with van der Waals surface area (Å²) in [7, 11) is -3.66. The molecule has 0 bridgehead atoms. The Balaban J connectivity index is 1.34. The van der Waals surface area contributed by atoms with E-state index in [0.29, 0.717) is 33.6 Å². The molecule has 0 aliphatic rings. The van der Waals surface area contributed by atoms with Gasteiger partial charge in [0.2, 0.25) is 16.0 Å². The van der Waals surface area contributed by atoms with Crippen LogP contribution < -0.4 is 10.0 Å². The topological polar surface area (TPSA) is 101 Å². The van der Waals surface area contributed by atoms with Crippen LogP contribution in [0.4, 0.5) is 10.3 Å². The molecule has 0 spiro atoms. The average Bonchev–Trinajstić information content (AvgIpc) is 3.44. The van der Waals surface area contributed by atoms with Crippen molar-refractivity contribution in [2.75, 3.05) is 18.4 Å². The number of benzene rings is 2. The molecule has 0 saturated carbocycles. The third kappa shape index (κ3) is 5.03. The minimum absolute atomic E-state index is 0.120. The molecule has 178 valence electrons. The SMILES string of the molecule is O=S(=O)(NCCNc1nccc(-c2c(-c3cccc(F)c3)nc3sccn23)n1)c1ccc(Cl)cc1. The third-order valence-corrected chi connectivity index (χ3v) is 7.57. The van der Waals surface area contributed by atoms with Gasteiger partial charge in [0.1, 0.15) is 11.5 Å². The number of aromatic nitrogens is 4. The number of thiazole rings is 1. The maximum atomic E-state index is 13.9. The molecule has 0 aliphatic heterocycles. The minimum Gasteiger partial charge on any atom is -0.353 e. The summed E-state index contributed by atoms with van der Waals surface area (Å²) in [6.45, 7) is 0.377. The molecule has 35 heavy (non-hydrogen) atoms. The lowest BCUT2D eigenvalue weighted by Crippen LogP contribution is -2.29. The third-order valence-electron chi connectivity index (χ3n) is 5.08. The number of anilines is 1. The van der Waals surface area contributed by atoms with Crippen molar-refractivity contribution in [3.63, 3.8) is 0 Å². The van der Waals surface area contributed by atoms with Gasteiger partial charge < -0.3 is 5.32 Å². The Bertz CT molecular complexity index is 1600. The van der Waals surface area contributed by atoms with Crippen LogP contribution in [0, 0.1) is 5.82 Å². The normalized spacial score (nSPS) is 11.7. The van der Waals surface area contributed by atoms with E-state index in [1.807, 2.05) is 16.0 Å². The van der Waals surface area contributed by atoms with Crippen molar-refractivity contribution < 1.29 is 12.8 Å². The van der Waals surface area contributed by atoms with Crippen molar-refractivity contribution in [3.05, 3.63) is 83.2 Å². The molecule has 0 amide bonds. The molecular weight excluding hydrogens is 511 g/mol. The van der Waals surface area contributed by atoms with Crippen LogP contribution in [0.5, 0.6) is 0 Å². The summed E-state index contributed by atoms with van der Waals surface area (Å²) in [5, 5.41) is 5.40. The van der Waals surface area contributed by atoms with Crippen LogP contribution in [0.25, 0.3) is 27.6 Å². The first-order chi connectivity index (χ1) is 16.9. The number of hydrogen-bond acceptors (Lipinski definition) is 7. The Morgan fingerprint density at radius 3 is 2.69 bits per heavy atom. The second kappa shape index (κ2) is 9.70. The summed E-state index contributed by atoms with van der Waals surface area (Å²) >= 11 is 7.29. The van der Waals surface area contributed by atoms with Crippen molar-refractivity contribution in [1.29, 1.82) is 0 Å². The molecule has 0 radical (unpaired) electrons. The zero-order valence-corrected chi connectivity index (χ0v) is 20.4. The number of nitrogens with one attached hydrogen (secondary N) is 2. The lowest BCUT2D eigenvalue weighted by Gasteiger charge is -2.09. The summed E-state index contributed by atoms with van der Waals surface area (Å²) in [5.74, 6) is -0.0283. The van der Waals surface area contributed by atoms with E-state index in [1.54, 1.807) is 24.4 Å². The summed E-state index contributed by atoms with van der Waals surface area (Å²) in [4.78, 5) is 14.4. The van der Waals surface area contributed by atoms with Crippen LogP contribution in [0.15, 0.2) is 77.3 Å². The fraction of sp³-hybridized carbons (Fsp3) is 0.0870. The molecule has 0 atom stereocenters. The first kappa shape index (κ1) is 23.4. The molecule has 0 aliphatic carbocycles. The smallest absolute Gasteiger partial charge is 0.240 e. The molecule has 8 nitrogen and oxygen atoms in total. The highest BCUT2D eigenvalue weighted by atomic mass is 35.5. The predicted molar refractivity (Wildman–Crippen MR) is 135 cm³/mol. The fourth-order valence-electron chi connectivity index (χ4n) is 3.50. The minimum atomic E-state index is -3.66. The van der Waals surface area contributed by atoms with E-state index in [1.165, 1.54) is 47.7 Å². The summed E-state index contributed by atoms with van der Waals surface area (Å²) in [5.41, 5.74) is 2.55. The Labute approximate surface area is 209 Å². The highest BCUT2D eigenvalue weighted by Gasteiger charge is 2.19. The van der Waals surface area contributed by atoms with Gasteiger partial charge in [-0.15, -0.1) is 11.3 Å². The quantitative estimate of drug-likeness (QED) is 0.283. The van der Waals surface area contributed by atoms with Crippen molar-refractivity contribution >= 4 is 43.9 Å². The second-order valence-electron chi connectivity index (χ2n) is 7.42. The van der Waals surface area contributed by atoms with Crippen molar-refractivity contribution in [2.24, 2.45) is 0 Å². The van der Waals surface area contributed by atoms with Crippen LogP contribution in [-0.2, 0) is 10.0 Å². The standard InChI is InChI=1S/C23H18ClFN6O2S2/c24-16-4-6-18(7-5-16)35(32,33)28-11-10-27-22-26-9-8-19(29-22)21-20(15-2-1-3-17(25)14-15)30-23-31(21)12-13-34-23/h1-9,12-14,28H,10-11H2,(H,26,27,29). The lowest BCUT2D eigenvalue weighted by molar-refractivity contribution is 0.583. The molecule has 12 heteroatoms. The van der Waals surface area contributed by atoms with Gasteiger partial charge in [-0.1, -0.05) is 23.7 Å². The van der Waals surface area contributed by atoms with E-state index in [2.05, 4.69) is 25.0 Å². The number of fused-ring (bicyclic) bond motifs is 1. The fourth-order valence-corrected chi connectivity index (χ4v) is 5.37. The number of sulfonamides is 1. The van der Waals surface area contributed by atoms with Gasteiger partial charge in [0.05, 0.1) is 16.3 Å². The summed E-state index contributed by atoms with van der Waals surface area (Å²) in [6.07, 6.45) is 3.48. The second-order valence-corrected chi connectivity index (χ2v) is 10.5. The van der Waals surface area contributed by atoms with E-state index >= 15 is 0 Å². The Morgan fingerprint density at radius 1 is 1.06 bits per heavy atom. The van der Waals surface area contributed by atoms with E-state index in [0.717, 1.165) is 4.96 Å². The van der Waals surface area contributed by atoms with Crippen LogP contribution in [0.2, 0.25) is 5.02 Å². The van der Waals surface area contributed by atoms with Gasteiger partial charge in [0, 0.05) is 41.4 Å². The maximum Gasteiger partial charge on any atom is 0.240 e. The van der Waals surface area contributed by atoms with Gasteiger partial charge in [0.15, 0.2) is 4.96 Å². The molecule has 5 aromatic rings. The Hall–Kier alpha value is -3.38. The molecule has 3 heterocycles. The highest BCUT2D eigenvalue weighted by molar-refractivity contribution is 7.89. The summed E-state index contributed by atoms with van der Waals surface area (Å²) < 4.78 is 43.1. The van der Waals surface area contributed by atoms with Crippen molar-refractivity contribution in [3.8, 4) is 22.6 Å². The molecule has 0 saturated heterocycles. The first-order valence-electron chi connectivity index (χ1n) is 10.4. The maximum absolute atomic E-state index is 13.9. The van der Waals surface area contributed by atoms with Crippen LogP contribution in [-0.4, -0.2) is 40.9 Å². The molecule has 0 fully saturated rings. The van der Waals surface area contributed by atoms with Crippen LogP contribution in [0.3, 0.4) is 0 Å². The van der Waals surface area contributed by atoms with Gasteiger partial charge >= 0.3 is 0 Å². The number of rotatable bonds is 8. The highest BCUT2D eigenvalue weighted by Crippen LogP contribution is 2.33. The summed E-state index contributed by atoms with van der Waals surface area (Å²) in [6, 6.07) is 13.9. The molecule has 2 aromatic carbocycles. The number of nitrogens with zero attached hydrogens (tertiary/aromatic N) is 4. The lowest BCUT2D eigenvalue weighted by atomic mass is 10.1. The Kier molecular flexibility index (Phi) is 6.48. The number of imidazole rings is 1. The van der Waals surface area contributed by atoms with E-state index in [4.69, 9.17) is 11.6 Å². The van der Waals surface area contributed by atoms with E-state index in [-0.39, 0.29) is 23.8 Å². The molecular formula is C23H18ClFN6O2S2. The van der Waals surface area contributed by atoms with Gasteiger partial charge in [-0.3, -0.25) is 4.40 Å². The zero-order chi connectivity index (χ0) is 24.4. The van der Waals surface area contributed by atoms with Gasteiger partial charge in [-0.25, -0.2) is 32.5 Å². The van der Waals surface area contributed by atoms with Gasteiger partial charge in [-0.2, -0.15) is 0 Å². The van der Waals surface area contributed by atoms with Gasteiger partial charge in [-0.05, 0) is 42.5 Å². The van der Waals surface area contributed by atoms with Crippen molar-refractivity contribution in [2.45, 2.75) is 4.90 Å². The largest absolute Gasteiger partial charge is 0.353 e. The van der Waals surface area contributed by atoms with E-state index in [9.17, 15) is 12.8 Å². The van der Waals surface area contributed by atoms with Crippen molar-refractivity contribution in [1.82, 2.24) is 24.1 Å². The van der Waals surface area contributed by atoms with Gasteiger partial charge in [0.25, 0.3) is 0 Å². The zero-order valence-electron chi connectivity index (χ0n) is 18.0. The molecule has 2 N–H and O–H groups in total. The molecule has 0 unspecified atom stereocenters. The Morgan fingerprint density at radius 2 is 1.89 bits per heavy atom. The monoisotopic (exact) mass is 528 g/mol. The predicted octanol–water partition coefficient (Wildman–Crippen LogP) is 4.70. The molecule has 3 aromatic heterocycles. The average molecular weight is 529 g/mol. The van der Waals surface area contributed by atoms with Crippen LogP contribution >= 0.6 is 22.9 Å².